The summed E-state index contributed by atoms with van der Waals surface area (Å²) in [5.41, 5.74) is -0.208. The molecule has 1 heterocycles. The van der Waals surface area contributed by atoms with Crippen molar-refractivity contribution in [1.29, 1.82) is 0 Å². The number of rotatable bonds is 3. The van der Waals surface area contributed by atoms with E-state index in [2.05, 4.69) is 15.3 Å². The first-order valence-corrected chi connectivity index (χ1v) is 3.22. The van der Waals surface area contributed by atoms with Crippen LogP contribution < -0.4 is 10.9 Å². The Hall–Kier alpha value is -1.36. The van der Waals surface area contributed by atoms with Gasteiger partial charge in [-0.3, -0.25) is 4.79 Å². The van der Waals surface area contributed by atoms with Gasteiger partial charge in [-0.2, -0.15) is 0 Å². The largest absolute Gasteiger partial charge is 0.395 e. The minimum atomic E-state index is -0.208. The maximum atomic E-state index is 10.7. The molecule has 0 saturated carbocycles. The normalized spacial score (nSPS) is 9.55. The van der Waals surface area contributed by atoms with Crippen LogP contribution in [-0.4, -0.2) is 28.2 Å². The zero-order valence-electron chi connectivity index (χ0n) is 5.87. The second-order valence-corrected chi connectivity index (χ2v) is 1.95. The third-order valence-corrected chi connectivity index (χ3v) is 1.10. The van der Waals surface area contributed by atoms with Crippen LogP contribution in [0.25, 0.3) is 0 Å². The zero-order chi connectivity index (χ0) is 8.10. The summed E-state index contributed by atoms with van der Waals surface area (Å²) in [6.45, 7) is 0.422. The molecule has 11 heavy (non-hydrogen) atoms. The van der Waals surface area contributed by atoms with Crippen LogP contribution in [0.2, 0.25) is 0 Å². The summed E-state index contributed by atoms with van der Waals surface area (Å²) in [5, 5.41) is 11.2. The number of nitrogens with one attached hydrogen (secondary N) is 2. The van der Waals surface area contributed by atoms with Crippen LogP contribution in [0.4, 0.5) is 5.82 Å². The van der Waals surface area contributed by atoms with Crippen LogP contribution >= 0.6 is 0 Å². The molecule has 1 rings (SSSR count). The second kappa shape index (κ2) is 3.72. The molecule has 0 bridgehead atoms. The molecule has 1 aromatic rings. The summed E-state index contributed by atoms with van der Waals surface area (Å²) in [5.74, 6) is 0.475. The number of aromatic amines is 1. The molecule has 5 nitrogen and oxygen atoms in total. The number of aromatic nitrogens is 2. The highest BCUT2D eigenvalue weighted by Crippen LogP contribution is 1.91. The Kier molecular flexibility index (Phi) is 2.62. The van der Waals surface area contributed by atoms with Crippen molar-refractivity contribution in [1.82, 2.24) is 9.97 Å². The van der Waals surface area contributed by atoms with Gasteiger partial charge in [-0.25, -0.2) is 4.98 Å². The Morgan fingerprint density at radius 3 is 3.18 bits per heavy atom. The van der Waals surface area contributed by atoms with Crippen LogP contribution in [0, 0.1) is 0 Å². The third kappa shape index (κ3) is 2.38. The fraction of sp³-hybridized carbons (Fsp3) is 0.333. The van der Waals surface area contributed by atoms with Crippen molar-refractivity contribution in [2.24, 2.45) is 0 Å². The molecule has 3 N–H and O–H groups in total. The predicted octanol–water partition coefficient (Wildman–Crippen LogP) is -0.826. The van der Waals surface area contributed by atoms with Crippen LogP contribution in [0.3, 0.4) is 0 Å². The number of hydrogen-bond acceptors (Lipinski definition) is 4. The van der Waals surface area contributed by atoms with E-state index in [-0.39, 0.29) is 12.2 Å². The predicted molar refractivity (Wildman–Crippen MR) is 40.4 cm³/mol. The van der Waals surface area contributed by atoms with Crippen LogP contribution in [0.1, 0.15) is 0 Å². The second-order valence-electron chi connectivity index (χ2n) is 1.95. The molecular formula is C6H9N3O2. The van der Waals surface area contributed by atoms with Crippen molar-refractivity contribution in [2.75, 3.05) is 18.5 Å². The standard InChI is InChI=1S/C6H9N3O2/c10-2-1-7-5-3-6(11)9-4-8-5/h3-4,10H,1-2H2,(H2,7,8,9,11). The van der Waals surface area contributed by atoms with E-state index < -0.39 is 0 Å². The van der Waals surface area contributed by atoms with Gasteiger partial charge in [0.05, 0.1) is 12.9 Å². The Balaban J connectivity index is 2.64. The lowest BCUT2D eigenvalue weighted by atomic mass is 10.5. The van der Waals surface area contributed by atoms with E-state index in [0.717, 1.165) is 0 Å². The topological polar surface area (TPSA) is 78.0 Å². The quantitative estimate of drug-likeness (QED) is 0.532. The molecule has 1 aromatic heterocycles. The molecule has 0 aliphatic rings. The lowest BCUT2D eigenvalue weighted by Gasteiger charge is -1.99. The van der Waals surface area contributed by atoms with E-state index >= 15 is 0 Å². The van der Waals surface area contributed by atoms with Gasteiger partial charge in [0.1, 0.15) is 5.82 Å². The molecule has 0 saturated heterocycles. The van der Waals surface area contributed by atoms with Gasteiger partial charge in [-0.1, -0.05) is 0 Å². The van der Waals surface area contributed by atoms with Crippen molar-refractivity contribution in [3.63, 3.8) is 0 Å². The van der Waals surface area contributed by atoms with Gasteiger partial charge >= 0.3 is 0 Å². The molecular weight excluding hydrogens is 146 g/mol. The molecule has 0 unspecified atom stereocenters. The van der Waals surface area contributed by atoms with Crippen molar-refractivity contribution in [3.8, 4) is 0 Å². The van der Waals surface area contributed by atoms with E-state index in [1.165, 1.54) is 12.4 Å². The Morgan fingerprint density at radius 1 is 1.73 bits per heavy atom. The first-order chi connectivity index (χ1) is 5.33. The van der Waals surface area contributed by atoms with Gasteiger partial charge < -0.3 is 15.4 Å². The highest BCUT2D eigenvalue weighted by molar-refractivity contribution is 5.31. The minimum absolute atomic E-state index is 0.0223. The zero-order valence-corrected chi connectivity index (χ0v) is 5.87. The maximum absolute atomic E-state index is 10.7. The number of aliphatic hydroxyl groups excluding tert-OH is 1. The van der Waals surface area contributed by atoms with E-state index in [4.69, 9.17) is 5.11 Å². The molecule has 0 aliphatic heterocycles. The van der Waals surface area contributed by atoms with Gasteiger partial charge in [-0.05, 0) is 0 Å². The summed E-state index contributed by atoms with van der Waals surface area (Å²) < 4.78 is 0. The van der Waals surface area contributed by atoms with Gasteiger partial charge in [0.25, 0.3) is 5.56 Å². The van der Waals surface area contributed by atoms with Crippen LogP contribution in [-0.2, 0) is 0 Å². The Morgan fingerprint density at radius 2 is 2.55 bits per heavy atom. The van der Waals surface area contributed by atoms with Gasteiger partial charge in [0, 0.05) is 12.6 Å². The fourth-order valence-electron chi connectivity index (χ4n) is 0.649. The van der Waals surface area contributed by atoms with E-state index in [0.29, 0.717) is 12.4 Å². The number of aliphatic hydroxyl groups is 1. The number of hydrogen-bond donors (Lipinski definition) is 3. The minimum Gasteiger partial charge on any atom is -0.395 e. The van der Waals surface area contributed by atoms with Gasteiger partial charge in [0.15, 0.2) is 0 Å². The first kappa shape index (κ1) is 7.74. The first-order valence-electron chi connectivity index (χ1n) is 3.22. The van der Waals surface area contributed by atoms with E-state index in [1.54, 1.807) is 0 Å². The lowest BCUT2D eigenvalue weighted by Crippen LogP contribution is -2.11. The van der Waals surface area contributed by atoms with E-state index in [1.807, 2.05) is 0 Å². The number of anilines is 1. The lowest BCUT2D eigenvalue weighted by molar-refractivity contribution is 0.311. The number of H-pyrrole nitrogens is 1. The molecule has 0 spiro atoms. The van der Waals surface area contributed by atoms with Crippen LogP contribution in [0.15, 0.2) is 17.2 Å². The molecule has 0 aromatic carbocycles. The third-order valence-electron chi connectivity index (χ3n) is 1.10. The molecule has 5 heteroatoms. The highest BCUT2D eigenvalue weighted by atomic mass is 16.3. The summed E-state index contributed by atoms with van der Waals surface area (Å²) >= 11 is 0. The average molecular weight is 155 g/mol. The van der Waals surface area contributed by atoms with Crippen molar-refractivity contribution in [2.45, 2.75) is 0 Å². The summed E-state index contributed by atoms with van der Waals surface area (Å²) in [7, 11) is 0. The summed E-state index contributed by atoms with van der Waals surface area (Å²) in [6, 6.07) is 1.33. The van der Waals surface area contributed by atoms with E-state index in [9.17, 15) is 4.79 Å². The smallest absolute Gasteiger partial charge is 0.252 e. The van der Waals surface area contributed by atoms with Gasteiger partial charge in [0.2, 0.25) is 0 Å². The monoisotopic (exact) mass is 155 g/mol. The van der Waals surface area contributed by atoms with Crippen molar-refractivity contribution < 1.29 is 5.11 Å². The average Bonchev–Trinajstić information content (AvgIpc) is 2.01. The Labute approximate surface area is 63.1 Å². The number of nitrogens with zero attached hydrogens (tertiary/aromatic N) is 1. The highest BCUT2D eigenvalue weighted by Gasteiger charge is 1.90. The molecule has 0 radical (unpaired) electrons. The molecule has 0 atom stereocenters. The van der Waals surface area contributed by atoms with Gasteiger partial charge in [-0.15, -0.1) is 0 Å². The molecule has 0 aliphatic carbocycles. The maximum Gasteiger partial charge on any atom is 0.252 e. The van der Waals surface area contributed by atoms with Crippen molar-refractivity contribution in [3.05, 3.63) is 22.7 Å². The summed E-state index contributed by atoms with van der Waals surface area (Å²) in [4.78, 5) is 16.8. The molecule has 60 valence electrons. The molecule has 0 amide bonds. The van der Waals surface area contributed by atoms with Crippen molar-refractivity contribution >= 4 is 5.82 Å². The fourth-order valence-corrected chi connectivity index (χ4v) is 0.649. The SMILES string of the molecule is O=c1cc(NCCO)nc[nH]1. The Bertz CT molecular complexity index is 271. The molecule has 0 fully saturated rings. The summed E-state index contributed by atoms with van der Waals surface area (Å²) in [6.07, 6.45) is 1.31. The van der Waals surface area contributed by atoms with Crippen LogP contribution in [0.5, 0.6) is 0 Å².